The molecule has 110 valence electrons. The van der Waals surface area contributed by atoms with Gasteiger partial charge >= 0.3 is 0 Å². The highest BCUT2D eigenvalue weighted by molar-refractivity contribution is 7.92. The summed E-state index contributed by atoms with van der Waals surface area (Å²) in [5.41, 5.74) is 1.35. The summed E-state index contributed by atoms with van der Waals surface area (Å²) in [5, 5.41) is 3.10. The smallest absolute Gasteiger partial charge is 0.155 e. The molecule has 0 saturated carbocycles. The summed E-state index contributed by atoms with van der Waals surface area (Å²) >= 11 is 0. The summed E-state index contributed by atoms with van der Waals surface area (Å²) < 4.78 is 24.6. The lowest BCUT2D eigenvalue weighted by molar-refractivity contribution is 0.474. The maximum absolute atomic E-state index is 12.3. The predicted octanol–water partition coefficient (Wildman–Crippen LogP) is 2.82. The van der Waals surface area contributed by atoms with Gasteiger partial charge in [-0.1, -0.05) is 30.9 Å². The first-order valence-electron chi connectivity index (χ1n) is 7.73. The summed E-state index contributed by atoms with van der Waals surface area (Å²) in [6.45, 7) is 0. The first kappa shape index (κ1) is 15.0. The normalized spacial score (nSPS) is 29.9. The van der Waals surface area contributed by atoms with Crippen molar-refractivity contribution in [3.8, 4) is 0 Å². The van der Waals surface area contributed by atoms with E-state index in [4.69, 9.17) is 0 Å². The van der Waals surface area contributed by atoms with E-state index in [1.54, 1.807) is 0 Å². The number of rotatable bonds is 3. The zero-order chi connectivity index (χ0) is 13.7. The van der Waals surface area contributed by atoms with Gasteiger partial charge in [0.1, 0.15) is 0 Å². The highest BCUT2D eigenvalue weighted by Gasteiger charge is 2.36. The average molecular weight is 285 g/mol. The molecule has 2 rings (SSSR count). The average Bonchev–Trinajstić information content (AvgIpc) is 2.33. The Morgan fingerprint density at radius 2 is 1.95 bits per heavy atom. The molecule has 1 aliphatic heterocycles. The zero-order valence-corrected chi connectivity index (χ0v) is 12.8. The van der Waals surface area contributed by atoms with E-state index in [2.05, 4.69) is 11.4 Å². The lowest BCUT2D eigenvalue weighted by Gasteiger charge is -2.32. The van der Waals surface area contributed by atoms with Gasteiger partial charge in [-0.15, -0.1) is 0 Å². The number of sulfone groups is 1. The molecular formula is C15H27NO2S. The van der Waals surface area contributed by atoms with Crippen molar-refractivity contribution in [2.45, 2.75) is 69.1 Å². The first-order valence-corrected chi connectivity index (χ1v) is 9.44. The Labute approximate surface area is 117 Å². The van der Waals surface area contributed by atoms with Crippen molar-refractivity contribution in [3.63, 3.8) is 0 Å². The molecule has 0 bridgehead atoms. The van der Waals surface area contributed by atoms with Crippen LogP contribution >= 0.6 is 0 Å². The zero-order valence-electron chi connectivity index (χ0n) is 12.0. The Balaban J connectivity index is 2.17. The molecule has 2 unspecified atom stereocenters. The molecule has 1 saturated heterocycles. The molecule has 3 nitrogen and oxygen atoms in total. The van der Waals surface area contributed by atoms with Crippen LogP contribution in [0.1, 0.15) is 57.8 Å². The van der Waals surface area contributed by atoms with Crippen LogP contribution in [0.15, 0.2) is 11.6 Å². The molecule has 0 spiro atoms. The van der Waals surface area contributed by atoms with Crippen molar-refractivity contribution in [2.24, 2.45) is 0 Å². The fraction of sp³-hybridized carbons (Fsp3) is 0.867. The van der Waals surface area contributed by atoms with Crippen LogP contribution in [0.5, 0.6) is 0 Å². The molecule has 0 amide bonds. The molecule has 2 aliphatic rings. The molecule has 1 aliphatic carbocycles. The number of allylic oxidation sites excluding steroid dienone is 1. The van der Waals surface area contributed by atoms with Crippen LogP contribution < -0.4 is 5.32 Å². The lowest BCUT2D eigenvalue weighted by atomic mass is 9.91. The van der Waals surface area contributed by atoms with Crippen LogP contribution in [0.25, 0.3) is 0 Å². The fourth-order valence-corrected chi connectivity index (χ4v) is 5.62. The maximum Gasteiger partial charge on any atom is 0.155 e. The minimum atomic E-state index is -2.91. The van der Waals surface area contributed by atoms with Crippen molar-refractivity contribution in [1.29, 1.82) is 0 Å². The first-order chi connectivity index (χ1) is 9.15. The Bertz CT molecular complexity index is 414. The standard InChI is InChI=1S/C15H27NO2S/c1-16-15(13-9-5-3-2-4-6-10-13)14-11-7-8-12-19(14,17)18/h9,14-16H,2-8,10-12H2,1H3. The topological polar surface area (TPSA) is 46.2 Å². The molecule has 19 heavy (non-hydrogen) atoms. The Hall–Kier alpha value is -0.350. The quantitative estimate of drug-likeness (QED) is 0.811. The van der Waals surface area contributed by atoms with E-state index in [1.165, 1.54) is 31.3 Å². The van der Waals surface area contributed by atoms with Gasteiger partial charge in [-0.05, 0) is 45.6 Å². The van der Waals surface area contributed by atoms with E-state index in [-0.39, 0.29) is 11.3 Å². The van der Waals surface area contributed by atoms with Crippen molar-refractivity contribution in [3.05, 3.63) is 11.6 Å². The van der Waals surface area contributed by atoms with Crippen molar-refractivity contribution < 1.29 is 8.42 Å². The van der Waals surface area contributed by atoms with E-state index < -0.39 is 9.84 Å². The van der Waals surface area contributed by atoms with Crippen molar-refractivity contribution in [1.82, 2.24) is 5.32 Å². The molecule has 4 heteroatoms. The summed E-state index contributed by atoms with van der Waals surface area (Å²) in [6.07, 6.45) is 12.3. The fourth-order valence-electron chi connectivity index (χ4n) is 3.46. The number of nitrogens with one attached hydrogen (secondary N) is 1. The molecular weight excluding hydrogens is 258 g/mol. The van der Waals surface area contributed by atoms with Crippen molar-refractivity contribution in [2.75, 3.05) is 12.8 Å². The van der Waals surface area contributed by atoms with Gasteiger partial charge in [-0.3, -0.25) is 0 Å². The van der Waals surface area contributed by atoms with E-state index in [0.29, 0.717) is 5.75 Å². The third-order valence-electron chi connectivity index (χ3n) is 4.54. The minimum absolute atomic E-state index is 0.0448. The number of hydrogen-bond donors (Lipinski definition) is 1. The van der Waals surface area contributed by atoms with E-state index >= 15 is 0 Å². The van der Waals surface area contributed by atoms with Crippen molar-refractivity contribution >= 4 is 9.84 Å². The van der Waals surface area contributed by atoms with E-state index in [0.717, 1.165) is 32.1 Å². The third-order valence-corrected chi connectivity index (χ3v) is 6.83. The summed E-state index contributed by atoms with van der Waals surface area (Å²) in [5.74, 6) is 0.378. The third kappa shape index (κ3) is 3.82. The molecule has 1 heterocycles. The van der Waals surface area contributed by atoms with Gasteiger partial charge in [0, 0.05) is 6.04 Å². The Kier molecular flexibility index (Phi) is 5.46. The lowest BCUT2D eigenvalue weighted by Crippen LogP contribution is -2.46. The van der Waals surface area contributed by atoms with Crippen LogP contribution in [0.3, 0.4) is 0 Å². The highest BCUT2D eigenvalue weighted by atomic mass is 32.2. The summed E-state index contributed by atoms with van der Waals surface area (Å²) in [6, 6.07) is 0.0448. The van der Waals surface area contributed by atoms with Gasteiger partial charge in [0.2, 0.25) is 0 Å². The molecule has 0 aromatic heterocycles. The van der Waals surface area contributed by atoms with Crippen LogP contribution in [0.2, 0.25) is 0 Å². The van der Waals surface area contributed by atoms with Gasteiger partial charge in [-0.2, -0.15) is 0 Å². The van der Waals surface area contributed by atoms with Crippen LogP contribution in [0, 0.1) is 0 Å². The van der Waals surface area contributed by atoms with E-state index in [9.17, 15) is 8.42 Å². The second-order valence-corrected chi connectivity index (χ2v) is 8.24. The molecule has 0 radical (unpaired) electrons. The SMILES string of the molecule is CNC(C1=CCCCCCC1)C1CCCCS1(=O)=O. The number of likely N-dealkylation sites (N-methyl/N-ethyl adjacent to an activating group) is 1. The van der Waals surface area contributed by atoms with Gasteiger partial charge in [0.05, 0.1) is 11.0 Å². The van der Waals surface area contributed by atoms with Gasteiger partial charge in [0.15, 0.2) is 9.84 Å². The largest absolute Gasteiger partial charge is 0.312 e. The predicted molar refractivity (Wildman–Crippen MR) is 80.1 cm³/mol. The minimum Gasteiger partial charge on any atom is -0.312 e. The van der Waals surface area contributed by atoms with Gasteiger partial charge in [-0.25, -0.2) is 8.42 Å². The molecule has 1 N–H and O–H groups in total. The van der Waals surface area contributed by atoms with Crippen LogP contribution in [-0.4, -0.2) is 32.5 Å². The van der Waals surface area contributed by atoms with Crippen LogP contribution in [0.4, 0.5) is 0 Å². The van der Waals surface area contributed by atoms with E-state index in [1.807, 2.05) is 7.05 Å². The maximum atomic E-state index is 12.3. The van der Waals surface area contributed by atoms with Gasteiger partial charge in [0.25, 0.3) is 0 Å². The molecule has 1 fully saturated rings. The second-order valence-electron chi connectivity index (χ2n) is 5.90. The Morgan fingerprint density at radius 1 is 1.16 bits per heavy atom. The second kappa shape index (κ2) is 6.89. The van der Waals surface area contributed by atoms with Gasteiger partial charge < -0.3 is 5.32 Å². The molecule has 0 aromatic rings. The van der Waals surface area contributed by atoms with Crippen LogP contribution in [-0.2, 0) is 9.84 Å². The monoisotopic (exact) mass is 285 g/mol. The molecule has 0 aromatic carbocycles. The Morgan fingerprint density at radius 3 is 2.68 bits per heavy atom. The summed E-state index contributed by atoms with van der Waals surface area (Å²) in [4.78, 5) is 0. The summed E-state index contributed by atoms with van der Waals surface area (Å²) in [7, 11) is -0.997. The highest BCUT2D eigenvalue weighted by Crippen LogP contribution is 2.29. The molecule has 2 atom stereocenters. The number of hydrogen-bond acceptors (Lipinski definition) is 3.